The molecule has 0 aromatic heterocycles. The van der Waals surface area contributed by atoms with E-state index in [9.17, 15) is 4.79 Å². The van der Waals surface area contributed by atoms with E-state index in [2.05, 4.69) is 5.32 Å². The van der Waals surface area contributed by atoms with E-state index in [1.807, 2.05) is 25.2 Å². The van der Waals surface area contributed by atoms with Crippen molar-refractivity contribution in [1.82, 2.24) is 0 Å². The first-order valence-electron chi connectivity index (χ1n) is 4.43. The number of anilines is 2. The molecule has 4 nitrogen and oxygen atoms in total. The Labute approximate surface area is 82.5 Å². The highest BCUT2D eigenvalue weighted by atomic mass is 16.5. The molecule has 1 amide bonds. The first kappa shape index (κ1) is 8.87. The van der Waals surface area contributed by atoms with Crippen LogP contribution in [0, 0.1) is 0 Å². The fourth-order valence-electron chi connectivity index (χ4n) is 1.43. The number of benzene rings is 1. The lowest BCUT2D eigenvalue weighted by Crippen LogP contribution is -2.35. The third-order valence-electron chi connectivity index (χ3n) is 2.33. The number of carbonyl (C=O) groups is 1. The second-order valence-electron chi connectivity index (χ2n) is 3.17. The molecule has 0 saturated carbocycles. The Balaban J connectivity index is 2.46. The number of amides is 1. The Bertz CT molecular complexity index is 376. The van der Waals surface area contributed by atoms with E-state index in [1.54, 1.807) is 11.9 Å². The minimum atomic E-state index is -0.0225. The average molecular weight is 192 g/mol. The lowest BCUT2D eigenvalue weighted by Gasteiger charge is -2.26. The summed E-state index contributed by atoms with van der Waals surface area (Å²) in [4.78, 5) is 12.9. The van der Waals surface area contributed by atoms with Crippen LogP contribution >= 0.6 is 0 Å². The molecule has 74 valence electrons. The minimum absolute atomic E-state index is 0.0225. The predicted molar refractivity (Wildman–Crippen MR) is 54.9 cm³/mol. The normalized spacial score (nSPS) is 14.7. The molecule has 1 aromatic rings. The fourth-order valence-corrected chi connectivity index (χ4v) is 1.43. The average Bonchev–Trinajstić information content (AvgIpc) is 2.23. The molecule has 0 fully saturated rings. The van der Waals surface area contributed by atoms with Gasteiger partial charge in [0.15, 0.2) is 6.61 Å². The zero-order chi connectivity index (χ0) is 10.1. The molecule has 2 rings (SSSR count). The van der Waals surface area contributed by atoms with Gasteiger partial charge in [0, 0.05) is 19.8 Å². The van der Waals surface area contributed by atoms with Gasteiger partial charge in [-0.3, -0.25) is 4.79 Å². The van der Waals surface area contributed by atoms with Gasteiger partial charge in [0.2, 0.25) is 0 Å². The third kappa shape index (κ3) is 1.28. The van der Waals surface area contributed by atoms with Crippen LogP contribution in [0.3, 0.4) is 0 Å². The van der Waals surface area contributed by atoms with Crippen LogP contribution in [0.4, 0.5) is 11.4 Å². The van der Waals surface area contributed by atoms with E-state index in [4.69, 9.17) is 4.74 Å². The molecule has 0 aliphatic carbocycles. The molecule has 0 unspecified atom stereocenters. The van der Waals surface area contributed by atoms with Crippen LogP contribution in [0.15, 0.2) is 18.2 Å². The summed E-state index contributed by atoms with van der Waals surface area (Å²) in [6.45, 7) is 0.127. The van der Waals surface area contributed by atoms with Gasteiger partial charge in [-0.05, 0) is 18.2 Å². The number of likely N-dealkylation sites (N-methyl/N-ethyl adjacent to an activating group) is 1. The highest BCUT2D eigenvalue weighted by Gasteiger charge is 2.21. The van der Waals surface area contributed by atoms with Crippen LogP contribution in [0.1, 0.15) is 0 Å². The maximum Gasteiger partial charge on any atom is 0.264 e. The molecule has 0 spiro atoms. The summed E-state index contributed by atoms with van der Waals surface area (Å²) in [5.74, 6) is 0.733. The van der Waals surface area contributed by atoms with Gasteiger partial charge < -0.3 is 15.0 Å². The van der Waals surface area contributed by atoms with Crippen LogP contribution in [0.2, 0.25) is 0 Å². The smallest absolute Gasteiger partial charge is 0.264 e. The molecule has 0 saturated heterocycles. The fraction of sp³-hybridized carbons (Fsp3) is 0.300. The van der Waals surface area contributed by atoms with Crippen molar-refractivity contribution in [2.24, 2.45) is 0 Å². The summed E-state index contributed by atoms with van der Waals surface area (Å²) in [6, 6.07) is 5.68. The van der Waals surface area contributed by atoms with Gasteiger partial charge >= 0.3 is 0 Å². The molecule has 1 aromatic carbocycles. The maximum absolute atomic E-state index is 11.3. The highest BCUT2D eigenvalue weighted by molar-refractivity contribution is 5.97. The second kappa shape index (κ2) is 3.21. The van der Waals surface area contributed by atoms with Crippen molar-refractivity contribution in [2.75, 3.05) is 30.9 Å². The maximum atomic E-state index is 11.3. The summed E-state index contributed by atoms with van der Waals surface area (Å²) in [7, 11) is 3.59. The van der Waals surface area contributed by atoms with Crippen LogP contribution in [-0.4, -0.2) is 26.6 Å². The van der Waals surface area contributed by atoms with E-state index in [0.717, 1.165) is 17.1 Å². The molecule has 1 aliphatic rings. The van der Waals surface area contributed by atoms with E-state index in [0.29, 0.717) is 0 Å². The zero-order valence-corrected chi connectivity index (χ0v) is 8.20. The first-order valence-corrected chi connectivity index (χ1v) is 4.43. The van der Waals surface area contributed by atoms with Crippen molar-refractivity contribution in [3.63, 3.8) is 0 Å². The molecule has 4 heteroatoms. The van der Waals surface area contributed by atoms with Crippen molar-refractivity contribution in [3.05, 3.63) is 18.2 Å². The molecule has 0 radical (unpaired) electrons. The lowest BCUT2D eigenvalue weighted by molar-refractivity contribution is -0.120. The Morgan fingerprint density at radius 1 is 1.50 bits per heavy atom. The Morgan fingerprint density at radius 2 is 2.29 bits per heavy atom. The highest BCUT2D eigenvalue weighted by Crippen LogP contribution is 2.33. The van der Waals surface area contributed by atoms with Crippen molar-refractivity contribution in [3.8, 4) is 5.75 Å². The molecule has 1 aliphatic heterocycles. The van der Waals surface area contributed by atoms with Gasteiger partial charge in [-0.25, -0.2) is 0 Å². The molecule has 1 heterocycles. The number of rotatable bonds is 1. The molecule has 1 N–H and O–H groups in total. The van der Waals surface area contributed by atoms with Gasteiger partial charge in [-0.2, -0.15) is 0 Å². The van der Waals surface area contributed by atoms with Crippen molar-refractivity contribution < 1.29 is 9.53 Å². The summed E-state index contributed by atoms with van der Waals surface area (Å²) in [6.07, 6.45) is 0. The Kier molecular flexibility index (Phi) is 2.04. The number of hydrogen-bond donors (Lipinski definition) is 1. The quantitative estimate of drug-likeness (QED) is 0.724. The number of carbonyl (C=O) groups excluding carboxylic acids is 1. The van der Waals surface area contributed by atoms with Crippen molar-refractivity contribution >= 4 is 17.3 Å². The summed E-state index contributed by atoms with van der Waals surface area (Å²) >= 11 is 0. The van der Waals surface area contributed by atoms with E-state index in [-0.39, 0.29) is 12.5 Å². The van der Waals surface area contributed by atoms with E-state index < -0.39 is 0 Å². The number of ether oxygens (including phenoxy) is 1. The topological polar surface area (TPSA) is 41.6 Å². The van der Waals surface area contributed by atoms with Gasteiger partial charge in [0.05, 0.1) is 5.69 Å². The standard InChI is InChI=1S/C10H12N2O2/c1-11-7-3-4-9-8(5-7)12(2)10(13)6-14-9/h3-5,11H,6H2,1-2H3. The number of hydrogen-bond acceptors (Lipinski definition) is 3. The van der Waals surface area contributed by atoms with Crippen molar-refractivity contribution in [1.29, 1.82) is 0 Å². The Hall–Kier alpha value is -1.71. The molecule has 0 bridgehead atoms. The molecular weight excluding hydrogens is 180 g/mol. The lowest BCUT2D eigenvalue weighted by atomic mass is 10.2. The van der Waals surface area contributed by atoms with Gasteiger partial charge in [-0.15, -0.1) is 0 Å². The van der Waals surface area contributed by atoms with E-state index in [1.165, 1.54) is 0 Å². The summed E-state index contributed by atoms with van der Waals surface area (Å²) in [5, 5.41) is 3.02. The molecule has 0 atom stereocenters. The zero-order valence-electron chi connectivity index (χ0n) is 8.20. The van der Waals surface area contributed by atoms with E-state index >= 15 is 0 Å². The molecule has 14 heavy (non-hydrogen) atoms. The second-order valence-corrected chi connectivity index (χ2v) is 3.17. The number of nitrogens with zero attached hydrogens (tertiary/aromatic N) is 1. The Morgan fingerprint density at radius 3 is 3.00 bits per heavy atom. The van der Waals surface area contributed by atoms with Crippen LogP contribution < -0.4 is 15.0 Å². The predicted octanol–water partition coefficient (Wildman–Crippen LogP) is 1.08. The van der Waals surface area contributed by atoms with Crippen LogP contribution in [0.5, 0.6) is 5.75 Å². The minimum Gasteiger partial charge on any atom is -0.482 e. The third-order valence-corrected chi connectivity index (χ3v) is 2.33. The monoisotopic (exact) mass is 192 g/mol. The first-order chi connectivity index (χ1) is 6.72. The number of fused-ring (bicyclic) bond motifs is 1. The van der Waals surface area contributed by atoms with Crippen LogP contribution in [0.25, 0.3) is 0 Å². The van der Waals surface area contributed by atoms with Gasteiger partial charge in [-0.1, -0.05) is 0 Å². The van der Waals surface area contributed by atoms with Gasteiger partial charge in [0.25, 0.3) is 5.91 Å². The van der Waals surface area contributed by atoms with Crippen LogP contribution in [-0.2, 0) is 4.79 Å². The largest absolute Gasteiger partial charge is 0.482 e. The van der Waals surface area contributed by atoms with Gasteiger partial charge in [0.1, 0.15) is 5.75 Å². The summed E-state index contributed by atoms with van der Waals surface area (Å²) < 4.78 is 5.29. The molecular formula is C10H12N2O2. The van der Waals surface area contributed by atoms with Crippen molar-refractivity contribution in [2.45, 2.75) is 0 Å². The number of nitrogens with one attached hydrogen (secondary N) is 1. The SMILES string of the molecule is CNc1ccc2c(c1)N(C)C(=O)CO2. The summed E-state index contributed by atoms with van der Waals surface area (Å²) in [5.41, 5.74) is 1.78.